The first-order valence-corrected chi connectivity index (χ1v) is 13.2. The van der Waals surface area contributed by atoms with E-state index in [4.69, 9.17) is 16.2 Å². The second-order valence-corrected chi connectivity index (χ2v) is 10.8. The highest BCUT2D eigenvalue weighted by atomic mass is 32.2. The third-order valence-electron chi connectivity index (χ3n) is 5.34. The number of hydrogen-bond donors (Lipinski definition) is 5. The zero-order valence-electron chi connectivity index (χ0n) is 18.7. The molecule has 7 N–H and O–H groups in total. The summed E-state index contributed by atoms with van der Waals surface area (Å²) >= 11 is 3.23. The number of benzene rings is 1. The van der Waals surface area contributed by atoms with Crippen LogP contribution in [-0.4, -0.2) is 73.7 Å². The van der Waals surface area contributed by atoms with Crippen molar-refractivity contribution >= 4 is 69.8 Å². The van der Waals surface area contributed by atoms with Crippen molar-refractivity contribution in [2.24, 2.45) is 5.73 Å². The number of hydrogen-bond acceptors (Lipinski definition) is 11. The summed E-state index contributed by atoms with van der Waals surface area (Å²) in [5.41, 5.74) is 10.8. The van der Waals surface area contributed by atoms with Crippen LogP contribution in [0.5, 0.6) is 0 Å². The summed E-state index contributed by atoms with van der Waals surface area (Å²) in [6.07, 6.45) is -1.08. The molecule has 16 heteroatoms. The van der Waals surface area contributed by atoms with Gasteiger partial charge in [-0.1, -0.05) is 12.1 Å². The fourth-order valence-corrected chi connectivity index (χ4v) is 6.84. The summed E-state index contributed by atoms with van der Waals surface area (Å²) in [6, 6.07) is 5.10. The van der Waals surface area contributed by atoms with Crippen LogP contribution >= 0.6 is 34.9 Å². The number of nitrogens with zero attached hydrogens (tertiary/aromatic N) is 2. The van der Waals surface area contributed by atoms with E-state index in [9.17, 15) is 34.2 Å². The molecule has 2 aliphatic heterocycles. The van der Waals surface area contributed by atoms with E-state index >= 15 is 0 Å². The number of primary amides is 1. The van der Waals surface area contributed by atoms with Crippen LogP contribution in [0.15, 0.2) is 45.8 Å². The summed E-state index contributed by atoms with van der Waals surface area (Å²) in [5, 5.41) is 21.9. The summed E-state index contributed by atoms with van der Waals surface area (Å²) in [6.45, 7) is -0.384. The van der Waals surface area contributed by atoms with Crippen molar-refractivity contribution < 1.29 is 38.9 Å². The molecule has 2 aromatic rings. The molecule has 4 rings (SSSR count). The van der Waals surface area contributed by atoms with Crippen molar-refractivity contribution in [3.8, 4) is 0 Å². The molecule has 1 fully saturated rings. The number of nitrogens with two attached hydrogens (primary N) is 2. The fourth-order valence-electron chi connectivity index (χ4n) is 3.72. The van der Waals surface area contributed by atoms with Gasteiger partial charge in [0.05, 0.1) is 11.3 Å². The number of ether oxygens (including phenoxy) is 1. The van der Waals surface area contributed by atoms with Crippen LogP contribution in [0.25, 0.3) is 0 Å². The molecule has 37 heavy (non-hydrogen) atoms. The van der Waals surface area contributed by atoms with E-state index in [1.807, 2.05) is 0 Å². The first kappa shape index (κ1) is 26.3. The van der Waals surface area contributed by atoms with Gasteiger partial charge < -0.3 is 31.7 Å². The third-order valence-corrected chi connectivity index (χ3v) is 8.68. The van der Waals surface area contributed by atoms with Crippen molar-refractivity contribution in [3.05, 3.63) is 52.2 Å². The van der Waals surface area contributed by atoms with Gasteiger partial charge in [0, 0.05) is 21.6 Å². The minimum Gasteiger partial charge on any atom is -0.478 e. The van der Waals surface area contributed by atoms with Gasteiger partial charge in [0.15, 0.2) is 5.13 Å². The van der Waals surface area contributed by atoms with Gasteiger partial charge in [-0.2, -0.15) is 0 Å². The van der Waals surface area contributed by atoms with Crippen molar-refractivity contribution in [1.82, 2.24) is 15.2 Å². The number of thioether (sulfide) groups is 2. The minimum atomic E-state index is -1.39. The quantitative estimate of drug-likeness (QED) is 0.213. The van der Waals surface area contributed by atoms with Gasteiger partial charge in [-0.15, -0.1) is 34.9 Å². The molecule has 2 unspecified atom stereocenters. The number of β-lactam (4-membered cyclic amide) rings is 1. The Hall–Kier alpha value is -3.76. The summed E-state index contributed by atoms with van der Waals surface area (Å²) in [5.74, 6) is -3.72. The number of anilines is 1. The SMILES string of the molecule is NC(=O)OCC1=C(C(=O)O)N2C(=O)C(NC(=O)C(Sc3ccccc3C(=O)O)c3csc(N)n3)[C@H]2SC1. The molecule has 3 atom stereocenters. The number of aromatic nitrogens is 1. The molecule has 0 radical (unpaired) electrons. The molecule has 3 amide bonds. The van der Waals surface area contributed by atoms with Gasteiger partial charge in [0.1, 0.15) is 29.0 Å². The van der Waals surface area contributed by atoms with Crippen molar-refractivity contribution in [3.63, 3.8) is 0 Å². The fraction of sp³-hybridized carbons (Fsp3) is 0.238. The summed E-state index contributed by atoms with van der Waals surface area (Å²) < 4.78 is 4.70. The van der Waals surface area contributed by atoms with Crippen molar-refractivity contribution in [2.45, 2.75) is 21.6 Å². The highest BCUT2D eigenvalue weighted by molar-refractivity contribution is 8.00. The molecule has 3 heterocycles. The monoisotopic (exact) mass is 565 g/mol. The number of fused-ring (bicyclic) bond motifs is 1. The molecule has 1 aromatic carbocycles. The lowest BCUT2D eigenvalue weighted by atomic mass is 10.0. The van der Waals surface area contributed by atoms with Crippen LogP contribution in [0.3, 0.4) is 0 Å². The molecule has 0 saturated carbocycles. The zero-order valence-corrected chi connectivity index (χ0v) is 21.1. The number of rotatable bonds is 9. The Morgan fingerprint density at radius 1 is 1.24 bits per heavy atom. The first-order valence-electron chi connectivity index (χ1n) is 10.4. The van der Waals surface area contributed by atoms with E-state index in [1.165, 1.54) is 17.8 Å². The largest absolute Gasteiger partial charge is 0.478 e. The van der Waals surface area contributed by atoms with Crippen LogP contribution in [-0.2, 0) is 19.1 Å². The van der Waals surface area contributed by atoms with Crippen molar-refractivity contribution in [2.75, 3.05) is 18.1 Å². The number of carbonyl (C=O) groups is 5. The average molecular weight is 566 g/mol. The van der Waals surface area contributed by atoms with Crippen LogP contribution in [0, 0.1) is 0 Å². The molecule has 194 valence electrons. The van der Waals surface area contributed by atoms with Crippen LogP contribution < -0.4 is 16.8 Å². The van der Waals surface area contributed by atoms with Gasteiger partial charge in [-0.3, -0.25) is 14.5 Å². The van der Waals surface area contributed by atoms with Gasteiger partial charge in [0.2, 0.25) is 5.91 Å². The Labute approximate surface area is 221 Å². The predicted octanol–water partition coefficient (Wildman–Crippen LogP) is 1.09. The topological polar surface area (TPSA) is 215 Å². The highest BCUT2D eigenvalue weighted by Gasteiger charge is 2.54. The van der Waals surface area contributed by atoms with E-state index in [2.05, 4.69) is 10.3 Å². The molecule has 2 aliphatic rings. The van der Waals surface area contributed by atoms with Gasteiger partial charge in [0.25, 0.3) is 5.91 Å². The lowest BCUT2D eigenvalue weighted by Gasteiger charge is -2.49. The smallest absolute Gasteiger partial charge is 0.404 e. The Morgan fingerprint density at radius 3 is 2.59 bits per heavy atom. The van der Waals surface area contributed by atoms with E-state index in [1.54, 1.807) is 23.6 Å². The second-order valence-electron chi connectivity index (χ2n) is 7.67. The molecular weight excluding hydrogens is 546 g/mol. The second kappa shape index (κ2) is 10.7. The normalized spacial score (nSPS) is 19.5. The number of carboxylic acids is 2. The average Bonchev–Trinajstić information content (AvgIpc) is 3.29. The molecule has 0 aliphatic carbocycles. The van der Waals surface area contributed by atoms with Crippen LogP contribution in [0.2, 0.25) is 0 Å². The third kappa shape index (κ3) is 5.35. The Balaban J connectivity index is 1.56. The number of aromatic carboxylic acids is 1. The Morgan fingerprint density at radius 2 is 1.97 bits per heavy atom. The zero-order chi connectivity index (χ0) is 26.9. The van der Waals surface area contributed by atoms with E-state index in [-0.39, 0.29) is 40.0 Å². The van der Waals surface area contributed by atoms with Gasteiger partial charge in [-0.05, 0) is 12.1 Å². The lowest BCUT2D eigenvalue weighted by Crippen LogP contribution is -2.70. The maximum Gasteiger partial charge on any atom is 0.404 e. The lowest BCUT2D eigenvalue weighted by molar-refractivity contribution is -0.150. The van der Waals surface area contributed by atoms with Crippen LogP contribution in [0.4, 0.5) is 9.93 Å². The van der Waals surface area contributed by atoms with E-state index in [0.717, 1.165) is 28.0 Å². The van der Waals surface area contributed by atoms with Gasteiger partial charge in [-0.25, -0.2) is 19.4 Å². The maximum atomic E-state index is 13.4. The molecule has 0 bridgehead atoms. The Bertz CT molecular complexity index is 1330. The number of nitrogens with one attached hydrogen (secondary N) is 1. The molecular formula is C21H19N5O8S3. The summed E-state index contributed by atoms with van der Waals surface area (Å²) in [4.78, 5) is 66.3. The molecule has 1 saturated heterocycles. The number of carbonyl (C=O) groups excluding carboxylic acids is 3. The van der Waals surface area contributed by atoms with Gasteiger partial charge >= 0.3 is 18.0 Å². The number of aliphatic carboxylic acids is 1. The standard InChI is InChI=1S/C21H19N5O8S3/c22-20-24-10(7-36-20)14(37-11-4-2-1-3-9(11)18(29)30)15(27)25-12-16(28)26-13(19(31)32)8(5-34-21(23)33)6-35-17(12)26/h1-4,7,12,14,17H,5-6H2,(H2,22,24)(H2,23,33)(H,25,27)(H,29,30)(H,31,32)/t12?,14?,17-/m1/s1. The van der Waals surface area contributed by atoms with E-state index < -0.39 is 46.5 Å². The summed E-state index contributed by atoms with van der Waals surface area (Å²) in [7, 11) is 0. The van der Waals surface area contributed by atoms with E-state index in [0.29, 0.717) is 4.90 Å². The Kier molecular flexibility index (Phi) is 7.60. The van der Waals surface area contributed by atoms with Crippen molar-refractivity contribution in [1.29, 1.82) is 0 Å². The minimum absolute atomic E-state index is 0.0100. The highest BCUT2D eigenvalue weighted by Crippen LogP contribution is 2.42. The maximum absolute atomic E-state index is 13.4. The molecule has 13 nitrogen and oxygen atoms in total. The first-order chi connectivity index (χ1) is 17.6. The molecule has 1 aromatic heterocycles. The number of carboxylic acid groups (broad SMARTS) is 2. The van der Waals surface area contributed by atoms with Crippen LogP contribution in [0.1, 0.15) is 21.3 Å². The number of nitrogen functional groups attached to an aromatic ring is 1. The number of thiazole rings is 1. The molecule has 0 spiro atoms. The predicted molar refractivity (Wildman–Crippen MR) is 134 cm³/mol. The number of amides is 3.